The second-order valence-corrected chi connectivity index (χ2v) is 8.06. The lowest BCUT2D eigenvalue weighted by Gasteiger charge is -2.22. The molecule has 0 aromatic heterocycles. The third-order valence-corrected chi connectivity index (χ3v) is 5.11. The van der Waals surface area contributed by atoms with E-state index in [1.807, 2.05) is 32.9 Å². The third-order valence-electron chi connectivity index (χ3n) is 3.64. The fourth-order valence-electron chi connectivity index (χ4n) is 2.54. The number of alkyl carbamates (subject to hydrolysis) is 1. The Balaban J connectivity index is 1.87. The van der Waals surface area contributed by atoms with Crippen molar-refractivity contribution in [3.63, 3.8) is 0 Å². The van der Waals surface area contributed by atoms with Gasteiger partial charge in [-0.3, -0.25) is 4.79 Å². The predicted octanol–water partition coefficient (Wildman–Crippen LogP) is 3.77. The van der Waals surface area contributed by atoms with E-state index in [9.17, 15) is 9.59 Å². The van der Waals surface area contributed by atoms with E-state index in [1.54, 1.807) is 11.0 Å². The van der Waals surface area contributed by atoms with E-state index in [0.29, 0.717) is 18.1 Å². The number of hydrogen-bond donors (Lipinski definition) is 1. The number of nitrogens with one attached hydrogen (secondary N) is 1. The second-order valence-electron chi connectivity index (χ2n) is 6.86. The minimum absolute atomic E-state index is 0.0199. The molecule has 7 heteroatoms. The van der Waals surface area contributed by atoms with Gasteiger partial charge in [0.25, 0.3) is 0 Å². The Hall–Kier alpha value is -1.27. The number of hydrogen-bond acceptors (Lipinski definition) is 3. The lowest BCUT2D eigenvalue weighted by molar-refractivity contribution is -0.129. The number of amides is 2. The molecule has 0 bridgehead atoms. The van der Waals surface area contributed by atoms with Crippen molar-refractivity contribution in [3.05, 3.63) is 33.3 Å². The van der Waals surface area contributed by atoms with Crippen molar-refractivity contribution in [2.45, 2.75) is 45.3 Å². The van der Waals surface area contributed by atoms with E-state index in [4.69, 9.17) is 16.3 Å². The van der Waals surface area contributed by atoms with Crippen LogP contribution in [-0.4, -0.2) is 41.6 Å². The van der Waals surface area contributed by atoms with E-state index in [1.165, 1.54) is 0 Å². The zero-order valence-electron chi connectivity index (χ0n) is 14.1. The summed E-state index contributed by atoms with van der Waals surface area (Å²) in [6, 6.07) is 5.40. The maximum absolute atomic E-state index is 12.5. The summed E-state index contributed by atoms with van der Waals surface area (Å²) in [5, 5.41) is 3.41. The van der Waals surface area contributed by atoms with Crippen molar-refractivity contribution < 1.29 is 14.3 Å². The number of carbonyl (C=O) groups is 2. The first kappa shape index (κ1) is 19.1. The van der Waals surface area contributed by atoms with Gasteiger partial charge in [0.05, 0.1) is 17.5 Å². The summed E-state index contributed by atoms with van der Waals surface area (Å²) in [5.74, 6) is 0.0199. The van der Waals surface area contributed by atoms with Gasteiger partial charge in [0.1, 0.15) is 5.60 Å². The normalized spacial score (nSPS) is 17.7. The lowest BCUT2D eigenvalue weighted by Crippen LogP contribution is -2.41. The molecule has 1 heterocycles. The van der Waals surface area contributed by atoms with Crippen LogP contribution in [0.4, 0.5) is 4.79 Å². The highest BCUT2D eigenvalue weighted by Gasteiger charge is 2.29. The Kier molecular flexibility index (Phi) is 6.15. The molecule has 1 fully saturated rings. The molecule has 132 valence electrons. The molecule has 1 aromatic rings. The SMILES string of the molecule is CC(C)(C)OC(=O)N[C@@H]1CCN(C(=O)Cc2cccc(Cl)c2Br)C1. The Bertz CT molecular complexity index is 631. The molecule has 1 aromatic carbocycles. The summed E-state index contributed by atoms with van der Waals surface area (Å²) in [6.45, 7) is 6.58. The summed E-state index contributed by atoms with van der Waals surface area (Å²) < 4.78 is 6.00. The van der Waals surface area contributed by atoms with Crippen molar-refractivity contribution in [1.29, 1.82) is 0 Å². The van der Waals surface area contributed by atoms with Gasteiger partial charge in [-0.05, 0) is 54.8 Å². The molecule has 1 aliphatic heterocycles. The van der Waals surface area contributed by atoms with Crippen LogP contribution in [0.5, 0.6) is 0 Å². The zero-order valence-corrected chi connectivity index (χ0v) is 16.4. The van der Waals surface area contributed by atoms with Crippen LogP contribution in [0.2, 0.25) is 5.02 Å². The zero-order chi connectivity index (χ0) is 17.9. The number of rotatable bonds is 3. The highest BCUT2D eigenvalue weighted by molar-refractivity contribution is 9.10. The van der Waals surface area contributed by atoms with Gasteiger partial charge in [-0.2, -0.15) is 0 Å². The molecule has 1 N–H and O–H groups in total. The number of ether oxygens (including phenoxy) is 1. The van der Waals surface area contributed by atoms with Gasteiger partial charge in [0, 0.05) is 17.6 Å². The van der Waals surface area contributed by atoms with Crippen LogP contribution in [0.25, 0.3) is 0 Å². The molecule has 0 radical (unpaired) electrons. The largest absolute Gasteiger partial charge is 0.444 e. The number of carbonyl (C=O) groups excluding carboxylic acids is 2. The van der Waals surface area contributed by atoms with Gasteiger partial charge in [-0.15, -0.1) is 0 Å². The Labute approximate surface area is 155 Å². The quantitative estimate of drug-likeness (QED) is 0.814. The summed E-state index contributed by atoms with van der Waals surface area (Å²) in [4.78, 5) is 26.0. The fourth-order valence-corrected chi connectivity index (χ4v) is 3.14. The fraction of sp³-hybridized carbons (Fsp3) is 0.529. The van der Waals surface area contributed by atoms with Crippen LogP contribution in [0.3, 0.4) is 0 Å². The highest BCUT2D eigenvalue weighted by Crippen LogP contribution is 2.27. The first-order chi connectivity index (χ1) is 11.2. The Morgan fingerprint density at radius 2 is 2.12 bits per heavy atom. The van der Waals surface area contributed by atoms with Crippen LogP contribution < -0.4 is 5.32 Å². The first-order valence-corrected chi connectivity index (χ1v) is 9.03. The van der Waals surface area contributed by atoms with Gasteiger partial charge < -0.3 is 15.0 Å². The van der Waals surface area contributed by atoms with E-state index in [-0.39, 0.29) is 18.4 Å². The number of likely N-dealkylation sites (tertiary alicyclic amines) is 1. The van der Waals surface area contributed by atoms with Crippen LogP contribution in [-0.2, 0) is 16.0 Å². The van der Waals surface area contributed by atoms with Crippen molar-refractivity contribution in [1.82, 2.24) is 10.2 Å². The van der Waals surface area contributed by atoms with Crippen LogP contribution in [0, 0.1) is 0 Å². The predicted molar refractivity (Wildman–Crippen MR) is 97.2 cm³/mol. The van der Waals surface area contributed by atoms with Crippen molar-refractivity contribution >= 4 is 39.5 Å². The first-order valence-electron chi connectivity index (χ1n) is 7.86. The summed E-state index contributed by atoms with van der Waals surface area (Å²) >= 11 is 9.47. The Morgan fingerprint density at radius 3 is 2.79 bits per heavy atom. The number of nitrogens with zero attached hydrogens (tertiary/aromatic N) is 1. The molecule has 2 amide bonds. The second kappa shape index (κ2) is 7.74. The summed E-state index contributed by atoms with van der Waals surface area (Å²) in [7, 11) is 0. The van der Waals surface area contributed by atoms with E-state index < -0.39 is 11.7 Å². The van der Waals surface area contributed by atoms with Gasteiger partial charge in [-0.1, -0.05) is 23.7 Å². The van der Waals surface area contributed by atoms with Gasteiger partial charge in [0.2, 0.25) is 5.91 Å². The van der Waals surface area contributed by atoms with Crippen molar-refractivity contribution in [3.8, 4) is 0 Å². The molecule has 1 saturated heterocycles. The molecule has 1 atom stereocenters. The molecule has 2 rings (SSSR count). The molecular formula is C17H22BrClN2O3. The minimum Gasteiger partial charge on any atom is -0.444 e. The third kappa shape index (κ3) is 5.38. The molecule has 0 unspecified atom stereocenters. The van der Waals surface area contributed by atoms with E-state index >= 15 is 0 Å². The molecular weight excluding hydrogens is 396 g/mol. The average molecular weight is 418 g/mol. The Morgan fingerprint density at radius 1 is 1.42 bits per heavy atom. The molecule has 0 spiro atoms. The topological polar surface area (TPSA) is 58.6 Å². The average Bonchev–Trinajstić information content (AvgIpc) is 2.90. The van der Waals surface area contributed by atoms with Crippen molar-refractivity contribution in [2.75, 3.05) is 13.1 Å². The maximum Gasteiger partial charge on any atom is 0.407 e. The van der Waals surface area contributed by atoms with Crippen LogP contribution in [0.1, 0.15) is 32.8 Å². The standard InChI is InChI=1S/C17H22BrClN2O3/c1-17(2,3)24-16(23)20-12-7-8-21(10-12)14(22)9-11-5-4-6-13(19)15(11)18/h4-6,12H,7-10H2,1-3H3,(H,20,23)/t12-/m1/s1. The highest BCUT2D eigenvalue weighted by atomic mass is 79.9. The molecule has 5 nitrogen and oxygen atoms in total. The lowest BCUT2D eigenvalue weighted by atomic mass is 10.1. The smallest absolute Gasteiger partial charge is 0.407 e. The van der Waals surface area contributed by atoms with E-state index in [0.717, 1.165) is 16.5 Å². The summed E-state index contributed by atoms with van der Waals surface area (Å²) in [6.07, 6.45) is 0.557. The van der Waals surface area contributed by atoms with Crippen LogP contribution in [0.15, 0.2) is 22.7 Å². The van der Waals surface area contributed by atoms with E-state index in [2.05, 4.69) is 21.2 Å². The van der Waals surface area contributed by atoms with Gasteiger partial charge in [0.15, 0.2) is 0 Å². The summed E-state index contributed by atoms with van der Waals surface area (Å²) in [5.41, 5.74) is 0.327. The monoisotopic (exact) mass is 416 g/mol. The molecule has 0 saturated carbocycles. The number of benzene rings is 1. The molecule has 1 aliphatic rings. The molecule has 24 heavy (non-hydrogen) atoms. The molecule has 0 aliphatic carbocycles. The van der Waals surface area contributed by atoms with Crippen molar-refractivity contribution in [2.24, 2.45) is 0 Å². The maximum atomic E-state index is 12.5. The minimum atomic E-state index is -0.531. The van der Waals surface area contributed by atoms with Gasteiger partial charge in [-0.25, -0.2) is 4.79 Å². The van der Waals surface area contributed by atoms with Crippen LogP contribution >= 0.6 is 27.5 Å². The number of halogens is 2. The van der Waals surface area contributed by atoms with Gasteiger partial charge >= 0.3 is 6.09 Å².